The molecule has 0 amide bonds. The smallest absolute Gasteiger partial charge is 0.324 e. The summed E-state index contributed by atoms with van der Waals surface area (Å²) < 4.78 is 10.1. The average Bonchev–Trinajstić information content (AvgIpc) is 1.59. The summed E-state index contributed by atoms with van der Waals surface area (Å²) in [7, 11) is -3.71. The third-order valence-corrected chi connectivity index (χ3v) is 2.04. The highest BCUT2D eigenvalue weighted by molar-refractivity contribution is 9.09. The SMILES string of the molecule is O=P(O)(O)CCCBr. The molecule has 0 atom stereocenters. The van der Waals surface area contributed by atoms with Gasteiger partial charge in [-0.2, -0.15) is 0 Å². The largest absolute Gasteiger partial charge is 0.325 e. The molecule has 0 aromatic rings. The van der Waals surface area contributed by atoms with Crippen molar-refractivity contribution >= 4 is 23.5 Å². The van der Waals surface area contributed by atoms with E-state index in [9.17, 15) is 4.57 Å². The van der Waals surface area contributed by atoms with Crippen molar-refractivity contribution in [1.29, 1.82) is 0 Å². The number of rotatable bonds is 3. The first-order valence-corrected chi connectivity index (χ1v) is 5.09. The molecule has 0 aliphatic carbocycles. The number of alkyl halides is 1. The molecule has 0 saturated carbocycles. The molecule has 0 heterocycles. The van der Waals surface area contributed by atoms with E-state index in [-0.39, 0.29) is 6.16 Å². The Morgan fingerprint density at radius 3 is 2.12 bits per heavy atom. The fourth-order valence-electron chi connectivity index (χ4n) is 0.266. The lowest BCUT2D eigenvalue weighted by Crippen LogP contribution is -1.86. The molecule has 0 fully saturated rings. The van der Waals surface area contributed by atoms with Crippen molar-refractivity contribution in [2.24, 2.45) is 0 Å². The molecule has 0 aromatic heterocycles. The highest BCUT2D eigenvalue weighted by Gasteiger charge is 2.09. The lowest BCUT2D eigenvalue weighted by molar-refractivity contribution is 0.372. The molecule has 2 N–H and O–H groups in total. The van der Waals surface area contributed by atoms with Crippen molar-refractivity contribution in [1.82, 2.24) is 0 Å². The minimum atomic E-state index is -3.71. The lowest BCUT2D eigenvalue weighted by Gasteiger charge is -1.98. The first kappa shape index (κ1) is 8.63. The molecule has 3 nitrogen and oxygen atoms in total. The van der Waals surface area contributed by atoms with Crippen molar-refractivity contribution in [2.45, 2.75) is 6.42 Å². The van der Waals surface area contributed by atoms with Crippen molar-refractivity contribution in [2.75, 3.05) is 11.5 Å². The number of hydrogen-bond acceptors (Lipinski definition) is 1. The van der Waals surface area contributed by atoms with Gasteiger partial charge in [-0.15, -0.1) is 0 Å². The van der Waals surface area contributed by atoms with Crippen molar-refractivity contribution < 1.29 is 14.4 Å². The zero-order valence-corrected chi connectivity index (χ0v) is 6.73. The van der Waals surface area contributed by atoms with Crippen LogP contribution in [0.25, 0.3) is 0 Å². The quantitative estimate of drug-likeness (QED) is 0.530. The molecule has 0 saturated heterocycles. The van der Waals surface area contributed by atoms with Crippen LogP contribution in [-0.4, -0.2) is 21.3 Å². The second kappa shape index (κ2) is 3.62. The lowest BCUT2D eigenvalue weighted by atomic mass is 10.6. The minimum Gasteiger partial charge on any atom is -0.324 e. The summed E-state index contributed by atoms with van der Waals surface area (Å²) >= 11 is 3.06. The van der Waals surface area contributed by atoms with Gasteiger partial charge in [-0.3, -0.25) is 4.57 Å². The van der Waals surface area contributed by atoms with E-state index >= 15 is 0 Å². The summed E-state index contributed by atoms with van der Waals surface area (Å²) in [4.78, 5) is 16.5. The highest BCUT2D eigenvalue weighted by atomic mass is 79.9. The summed E-state index contributed by atoms with van der Waals surface area (Å²) in [5.41, 5.74) is 0. The Balaban J connectivity index is 3.26. The monoisotopic (exact) mass is 202 g/mol. The number of hydrogen-bond donors (Lipinski definition) is 2. The molecule has 0 bridgehead atoms. The van der Waals surface area contributed by atoms with Crippen LogP contribution in [0.2, 0.25) is 0 Å². The second-order valence-corrected chi connectivity index (χ2v) is 4.00. The van der Waals surface area contributed by atoms with Gasteiger partial charge in [-0.05, 0) is 6.42 Å². The van der Waals surface area contributed by atoms with Crippen LogP contribution >= 0.6 is 23.5 Å². The van der Waals surface area contributed by atoms with Crippen LogP contribution in [-0.2, 0) is 4.57 Å². The average molecular weight is 203 g/mol. The maximum absolute atomic E-state index is 10.1. The topological polar surface area (TPSA) is 57.5 Å². The molecular formula is C3H8BrO3P. The molecule has 8 heavy (non-hydrogen) atoms. The van der Waals surface area contributed by atoms with E-state index in [1.807, 2.05) is 0 Å². The van der Waals surface area contributed by atoms with E-state index in [1.165, 1.54) is 0 Å². The van der Waals surface area contributed by atoms with Gasteiger partial charge in [0.2, 0.25) is 0 Å². The fourth-order valence-corrected chi connectivity index (χ4v) is 1.55. The summed E-state index contributed by atoms with van der Waals surface area (Å²) in [6, 6.07) is 0. The molecule has 0 spiro atoms. The third kappa shape index (κ3) is 6.63. The van der Waals surface area contributed by atoms with Crippen LogP contribution in [0.1, 0.15) is 6.42 Å². The molecule has 0 radical (unpaired) electrons. The molecule has 0 aliphatic heterocycles. The molecule has 0 unspecified atom stereocenters. The molecule has 50 valence electrons. The Morgan fingerprint density at radius 1 is 1.50 bits per heavy atom. The molecule has 0 aromatic carbocycles. The van der Waals surface area contributed by atoms with Gasteiger partial charge in [0.15, 0.2) is 0 Å². The van der Waals surface area contributed by atoms with Crippen LogP contribution in [0.5, 0.6) is 0 Å². The van der Waals surface area contributed by atoms with E-state index in [2.05, 4.69) is 15.9 Å². The zero-order valence-electron chi connectivity index (χ0n) is 4.25. The zero-order chi connectivity index (χ0) is 6.62. The highest BCUT2D eigenvalue weighted by Crippen LogP contribution is 2.34. The Labute approximate surface area is 56.4 Å². The Bertz CT molecular complexity index is 98.7. The summed E-state index contributed by atoms with van der Waals surface area (Å²) in [5.74, 6) is 0. The molecule has 5 heteroatoms. The van der Waals surface area contributed by atoms with Gasteiger partial charge in [0, 0.05) is 5.33 Å². The molecule has 0 aliphatic rings. The first-order chi connectivity index (χ1) is 3.56. The van der Waals surface area contributed by atoms with Gasteiger partial charge in [0.25, 0.3) is 0 Å². The Morgan fingerprint density at radius 2 is 2.00 bits per heavy atom. The summed E-state index contributed by atoms with van der Waals surface area (Å²) in [6.07, 6.45) is 0.516. The van der Waals surface area contributed by atoms with Crippen molar-refractivity contribution in [3.05, 3.63) is 0 Å². The maximum Gasteiger partial charge on any atom is 0.325 e. The van der Waals surface area contributed by atoms with E-state index in [1.54, 1.807) is 0 Å². The van der Waals surface area contributed by atoms with Gasteiger partial charge in [-0.25, -0.2) is 0 Å². The van der Waals surface area contributed by atoms with Gasteiger partial charge >= 0.3 is 7.60 Å². The standard InChI is InChI=1S/C3H8BrO3P/c4-2-1-3-8(5,6)7/h1-3H2,(H2,5,6,7). The van der Waals surface area contributed by atoms with E-state index in [0.717, 1.165) is 0 Å². The van der Waals surface area contributed by atoms with E-state index < -0.39 is 7.60 Å². The maximum atomic E-state index is 10.1. The fraction of sp³-hybridized carbons (Fsp3) is 1.00. The van der Waals surface area contributed by atoms with Crippen LogP contribution in [0.3, 0.4) is 0 Å². The second-order valence-electron chi connectivity index (χ2n) is 1.43. The first-order valence-electron chi connectivity index (χ1n) is 2.17. The predicted octanol–water partition coefficient (Wildman–Crippen LogP) is 0.949. The Hall–Kier alpha value is 0.630. The van der Waals surface area contributed by atoms with Gasteiger partial charge in [0.05, 0.1) is 6.16 Å². The van der Waals surface area contributed by atoms with Gasteiger partial charge < -0.3 is 9.79 Å². The molecular weight excluding hydrogens is 195 g/mol. The summed E-state index contributed by atoms with van der Waals surface area (Å²) in [5, 5.41) is 0.651. The van der Waals surface area contributed by atoms with Crippen LogP contribution in [0.15, 0.2) is 0 Å². The van der Waals surface area contributed by atoms with Crippen LogP contribution < -0.4 is 0 Å². The van der Waals surface area contributed by atoms with Crippen molar-refractivity contribution in [3.63, 3.8) is 0 Å². The van der Waals surface area contributed by atoms with E-state index in [0.29, 0.717) is 11.8 Å². The minimum absolute atomic E-state index is 0.0156. The van der Waals surface area contributed by atoms with Gasteiger partial charge in [0.1, 0.15) is 0 Å². The predicted molar refractivity (Wildman–Crippen MR) is 35.3 cm³/mol. The van der Waals surface area contributed by atoms with Crippen LogP contribution in [0.4, 0.5) is 0 Å². The van der Waals surface area contributed by atoms with Crippen LogP contribution in [0, 0.1) is 0 Å². The Kier molecular flexibility index (Phi) is 3.90. The van der Waals surface area contributed by atoms with Crippen molar-refractivity contribution in [3.8, 4) is 0 Å². The van der Waals surface area contributed by atoms with E-state index in [4.69, 9.17) is 9.79 Å². The third-order valence-electron chi connectivity index (χ3n) is 0.583. The normalized spacial score (nSPS) is 11.9. The molecule has 0 rings (SSSR count). The summed E-state index contributed by atoms with van der Waals surface area (Å²) in [6.45, 7) is 0. The van der Waals surface area contributed by atoms with Gasteiger partial charge in [-0.1, -0.05) is 15.9 Å². The number of halogens is 1.